The van der Waals surface area contributed by atoms with Crippen molar-refractivity contribution in [2.24, 2.45) is 0 Å². The maximum atomic E-state index is 13.9. The number of carbonyl (C=O) groups is 1. The second-order valence-electron chi connectivity index (χ2n) is 7.37. The second-order valence-corrected chi connectivity index (χ2v) is 7.80. The van der Waals surface area contributed by atoms with Crippen molar-refractivity contribution in [2.75, 3.05) is 25.0 Å². The van der Waals surface area contributed by atoms with Gasteiger partial charge in [-0.3, -0.25) is 4.79 Å². The highest BCUT2D eigenvalue weighted by Crippen LogP contribution is 2.35. The van der Waals surface area contributed by atoms with Crippen LogP contribution in [0.3, 0.4) is 0 Å². The molecule has 2 aliphatic heterocycles. The lowest BCUT2D eigenvalue weighted by atomic mass is 9.97. The Morgan fingerprint density at radius 1 is 1.21 bits per heavy atom. The number of piperidine rings is 1. The van der Waals surface area contributed by atoms with Gasteiger partial charge in [0.15, 0.2) is 0 Å². The van der Waals surface area contributed by atoms with Crippen molar-refractivity contribution in [3.8, 4) is 0 Å². The van der Waals surface area contributed by atoms with Crippen molar-refractivity contribution in [3.63, 3.8) is 0 Å². The van der Waals surface area contributed by atoms with Crippen LogP contribution in [0.5, 0.6) is 0 Å². The number of hydrogen-bond acceptors (Lipinski definition) is 3. The molecule has 4 nitrogen and oxygen atoms in total. The van der Waals surface area contributed by atoms with Gasteiger partial charge in [0.2, 0.25) is 5.91 Å². The van der Waals surface area contributed by atoms with E-state index in [-0.39, 0.29) is 23.7 Å². The van der Waals surface area contributed by atoms with E-state index in [1.165, 1.54) is 6.07 Å². The third-order valence-electron chi connectivity index (χ3n) is 5.57. The minimum Gasteiger partial charge on any atom is -0.384 e. The highest BCUT2D eigenvalue weighted by molar-refractivity contribution is 6.31. The molecular formula is C22H23ClFN3O. The molecule has 0 spiro atoms. The zero-order valence-electron chi connectivity index (χ0n) is 15.6. The molecule has 1 saturated heterocycles. The number of hydrogen-bond donors (Lipinski definition) is 2. The topological polar surface area (TPSA) is 44.4 Å². The van der Waals surface area contributed by atoms with Crippen LogP contribution in [0.25, 0.3) is 5.70 Å². The number of halogens is 2. The molecule has 1 unspecified atom stereocenters. The van der Waals surface area contributed by atoms with Crippen LogP contribution in [0, 0.1) is 5.82 Å². The number of rotatable bonds is 4. The average molecular weight is 400 g/mol. The molecule has 2 aliphatic rings. The van der Waals surface area contributed by atoms with Crippen LogP contribution in [-0.2, 0) is 4.79 Å². The molecule has 146 valence electrons. The van der Waals surface area contributed by atoms with Gasteiger partial charge in [-0.15, -0.1) is 0 Å². The number of anilines is 1. The summed E-state index contributed by atoms with van der Waals surface area (Å²) < 4.78 is 13.9. The zero-order valence-corrected chi connectivity index (χ0v) is 16.3. The van der Waals surface area contributed by atoms with Gasteiger partial charge in [0.05, 0.1) is 5.92 Å². The Morgan fingerprint density at radius 2 is 1.96 bits per heavy atom. The molecule has 1 atom stereocenters. The zero-order chi connectivity index (χ0) is 19.7. The molecule has 0 radical (unpaired) electrons. The van der Waals surface area contributed by atoms with Crippen LogP contribution < -0.4 is 10.6 Å². The van der Waals surface area contributed by atoms with Gasteiger partial charge in [-0.1, -0.05) is 36.4 Å². The number of nitrogens with zero attached hydrogens (tertiary/aromatic N) is 1. The summed E-state index contributed by atoms with van der Waals surface area (Å²) in [4.78, 5) is 14.9. The Bertz CT molecular complexity index is 908. The number of benzene rings is 2. The highest BCUT2D eigenvalue weighted by atomic mass is 35.5. The Labute approximate surface area is 169 Å². The molecule has 4 rings (SSSR count). The van der Waals surface area contributed by atoms with E-state index in [0.717, 1.165) is 24.1 Å². The van der Waals surface area contributed by atoms with Crippen molar-refractivity contribution in [3.05, 3.63) is 71.0 Å². The number of nitrogens with one attached hydrogen (secondary N) is 2. The van der Waals surface area contributed by atoms with Gasteiger partial charge in [0.1, 0.15) is 5.82 Å². The van der Waals surface area contributed by atoms with E-state index in [0.29, 0.717) is 35.9 Å². The number of carbonyl (C=O) groups excluding carboxylic acids is 1. The summed E-state index contributed by atoms with van der Waals surface area (Å²) in [5.41, 5.74) is 3.05. The highest BCUT2D eigenvalue weighted by Gasteiger charge is 2.33. The van der Waals surface area contributed by atoms with Crippen molar-refractivity contribution in [1.82, 2.24) is 10.2 Å². The predicted molar refractivity (Wildman–Crippen MR) is 111 cm³/mol. The Morgan fingerprint density at radius 3 is 2.71 bits per heavy atom. The molecule has 1 fully saturated rings. The monoisotopic (exact) mass is 399 g/mol. The molecule has 28 heavy (non-hydrogen) atoms. The van der Waals surface area contributed by atoms with E-state index in [4.69, 9.17) is 11.6 Å². The summed E-state index contributed by atoms with van der Waals surface area (Å²) in [6.07, 6.45) is 1.62. The van der Waals surface area contributed by atoms with Gasteiger partial charge in [-0.25, -0.2) is 4.39 Å². The van der Waals surface area contributed by atoms with E-state index in [1.54, 1.807) is 18.2 Å². The van der Waals surface area contributed by atoms with Crippen molar-refractivity contribution in [2.45, 2.75) is 24.8 Å². The van der Waals surface area contributed by atoms with Gasteiger partial charge in [-0.05, 0) is 42.7 Å². The van der Waals surface area contributed by atoms with E-state index in [9.17, 15) is 9.18 Å². The summed E-state index contributed by atoms with van der Waals surface area (Å²) >= 11 is 6.04. The maximum absolute atomic E-state index is 13.9. The normalized spacial score (nSPS) is 19.1. The van der Waals surface area contributed by atoms with Gasteiger partial charge in [0, 0.05) is 47.6 Å². The fourth-order valence-corrected chi connectivity index (χ4v) is 4.19. The van der Waals surface area contributed by atoms with Crippen LogP contribution >= 0.6 is 11.6 Å². The Kier molecular flexibility index (Phi) is 5.27. The maximum Gasteiger partial charge on any atom is 0.231 e. The standard InChI is InChI=1S/C22H23ClFN3O/c1-14(17-4-2-3-5-20(17)24)26-16-8-10-27(11-9-16)22(28)19-13-25-21-12-15(23)6-7-18(19)21/h2-7,12,16,19,25-26H,1,8-11,13H2. The summed E-state index contributed by atoms with van der Waals surface area (Å²) in [5.74, 6) is -0.287. The van der Waals surface area contributed by atoms with Gasteiger partial charge in [-0.2, -0.15) is 0 Å². The molecule has 0 aliphatic carbocycles. The molecule has 0 saturated carbocycles. The van der Waals surface area contributed by atoms with Crippen molar-refractivity contribution < 1.29 is 9.18 Å². The molecule has 2 aromatic rings. The van der Waals surface area contributed by atoms with E-state index in [1.807, 2.05) is 23.1 Å². The third kappa shape index (κ3) is 3.72. The van der Waals surface area contributed by atoms with Crippen LogP contribution in [0.2, 0.25) is 5.02 Å². The SMILES string of the molecule is C=C(NC1CCN(C(=O)C2CNc3cc(Cl)ccc32)CC1)c1ccccc1F. The molecule has 6 heteroatoms. The first-order valence-corrected chi connectivity index (χ1v) is 9.93. The fraction of sp³-hybridized carbons (Fsp3) is 0.318. The van der Waals surface area contributed by atoms with Gasteiger partial charge < -0.3 is 15.5 Å². The van der Waals surface area contributed by atoms with Crippen LogP contribution in [0.15, 0.2) is 49.0 Å². The predicted octanol–water partition coefficient (Wildman–Crippen LogP) is 4.24. The van der Waals surface area contributed by atoms with Crippen LogP contribution in [-0.4, -0.2) is 36.5 Å². The number of fused-ring (bicyclic) bond motifs is 1. The first-order valence-electron chi connectivity index (χ1n) is 9.55. The quantitative estimate of drug-likeness (QED) is 0.808. The molecule has 1 amide bonds. The van der Waals surface area contributed by atoms with Crippen molar-refractivity contribution >= 4 is 28.9 Å². The largest absolute Gasteiger partial charge is 0.384 e. The Hall–Kier alpha value is -2.53. The lowest BCUT2D eigenvalue weighted by molar-refractivity contribution is -0.133. The number of amides is 1. The van der Waals surface area contributed by atoms with Crippen LogP contribution in [0.4, 0.5) is 10.1 Å². The second kappa shape index (κ2) is 7.84. The van der Waals surface area contributed by atoms with E-state index in [2.05, 4.69) is 17.2 Å². The summed E-state index contributed by atoms with van der Waals surface area (Å²) in [6, 6.07) is 12.4. The van der Waals surface area contributed by atoms with Gasteiger partial charge >= 0.3 is 0 Å². The molecule has 2 heterocycles. The number of likely N-dealkylation sites (tertiary alicyclic amines) is 1. The molecular weight excluding hydrogens is 377 g/mol. The summed E-state index contributed by atoms with van der Waals surface area (Å²) in [6.45, 7) is 5.95. The van der Waals surface area contributed by atoms with E-state index >= 15 is 0 Å². The lowest BCUT2D eigenvalue weighted by Crippen LogP contribution is -2.46. The lowest BCUT2D eigenvalue weighted by Gasteiger charge is -2.34. The smallest absolute Gasteiger partial charge is 0.231 e. The van der Waals surface area contributed by atoms with Crippen LogP contribution in [0.1, 0.15) is 29.9 Å². The molecule has 0 bridgehead atoms. The van der Waals surface area contributed by atoms with Gasteiger partial charge in [0.25, 0.3) is 0 Å². The molecule has 0 aromatic heterocycles. The Balaban J connectivity index is 1.34. The van der Waals surface area contributed by atoms with E-state index < -0.39 is 0 Å². The first kappa shape index (κ1) is 18.8. The first-order chi connectivity index (χ1) is 13.5. The third-order valence-corrected chi connectivity index (χ3v) is 5.80. The minimum absolute atomic E-state index is 0.153. The molecule has 2 N–H and O–H groups in total. The average Bonchev–Trinajstić information content (AvgIpc) is 3.11. The fourth-order valence-electron chi connectivity index (χ4n) is 4.02. The minimum atomic E-state index is -0.278. The van der Waals surface area contributed by atoms with Crippen molar-refractivity contribution in [1.29, 1.82) is 0 Å². The summed E-state index contributed by atoms with van der Waals surface area (Å²) in [7, 11) is 0. The molecule has 2 aromatic carbocycles. The summed E-state index contributed by atoms with van der Waals surface area (Å²) in [5, 5.41) is 7.27.